The molecule has 10 heteroatoms. The van der Waals surface area contributed by atoms with Crippen molar-refractivity contribution in [1.29, 1.82) is 5.41 Å². The number of benzene rings is 2. The van der Waals surface area contributed by atoms with Crippen LogP contribution >= 0.6 is 0 Å². The largest absolute Gasteiger partial charge is 0.466 e. The van der Waals surface area contributed by atoms with Gasteiger partial charge in [-0.05, 0) is 11.1 Å². The van der Waals surface area contributed by atoms with E-state index in [-0.39, 0.29) is 17.8 Å². The van der Waals surface area contributed by atoms with Crippen molar-refractivity contribution in [2.75, 3.05) is 13.2 Å². The second-order valence-electron chi connectivity index (χ2n) is 6.82. The maximum atomic E-state index is 10.6. The summed E-state index contributed by atoms with van der Waals surface area (Å²) in [6.45, 7) is 3.53. The number of rotatable bonds is 8. The van der Waals surface area contributed by atoms with Crippen LogP contribution in [0, 0.1) is 5.41 Å². The van der Waals surface area contributed by atoms with E-state index in [2.05, 4.69) is 14.7 Å². The Hall–Kier alpha value is -4.05. The Morgan fingerprint density at radius 1 is 0.939 bits per heavy atom. The van der Waals surface area contributed by atoms with Crippen molar-refractivity contribution < 1.29 is 28.8 Å². The van der Waals surface area contributed by atoms with Crippen molar-refractivity contribution in [3.05, 3.63) is 71.6 Å². The highest BCUT2D eigenvalue weighted by Crippen LogP contribution is 2.15. The first-order chi connectivity index (χ1) is 15.9. The number of nitrogens with zero attached hydrogens (tertiary/aromatic N) is 2. The monoisotopic (exact) mass is 454 g/mol. The van der Waals surface area contributed by atoms with Gasteiger partial charge in [0.15, 0.2) is 0 Å². The zero-order valence-corrected chi connectivity index (χ0v) is 18.4. The number of aromatic nitrogens is 2. The number of hydrogen-bond acceptors (Lipinski definition) is 9. The standard InChI is InChI=1S/C12H12N2O3.C11H14N2O3/c1-9(15)16-7-6-10-2-4-11(5-3-10)12-13-8-17-14-12;1-8(14)16-7-6-9-2-4-10(5-3-9)11(12)13-15/h2-5,8H,6-7H2,1H3;2-5,15H,6-7H2,1H3,(H2,12,13). The average Bonchev–Trinajstić information content (AvgIpc) is 3.34. The molecular weight excluding hydrogens is 428 g/mol. The molecule has 1 aromatic heterocycles. The zero-order valence-electron chi connectivity index (χ0n) is 18.4. The molecule has 0 aliphatic rings. The second kappa shape index (κ2) is 13.4. The normalized spacial score (nSPS) is 9.91. The van der Waals surface area contributed by atoms with E-state index in [4.69, 9.17) is 20.1 Å². The fourth-order valence-electron chi connectivity index (χ4n) is 2.65. The Bertz CT molecular complexity index is 1020. The summed E-state index contributed by atoms with van der Waals surface area (Å²) >= 11 is 0. The Labute approximate surface area is 191 Å². The highest BCUT2D eigenvalue weighted by molar-refractivity contribution is 5.95. The van der Waals surface area contributed by atoms with Crippen LogP contribution in [0.5, 0.6) is 0 Å². The Morgan fingerprint density at radius 3 is 1.88 bits per heavy atom. The Kier molecular flexibility index (Phi) is 10.2. The number of carbonyl (C=O) groups is 2. The van der Waals surface area contributed by atoms with Gasteiger partial charge in [0.1, 0.15) is 5.84 Å². The minimum atomic E-state index is -0.289. The summed E-state index contributed by atoms with van der Waals surface area (Å²) in [5, 5.41) is 19.6. The third-order valence-electron chi connectivity index (χ3n) is 4.32. The Morgan fingerprint density at radius 2 is 1.45 bits per heavy atom. The molecular formula is C23H26N4O6. The van der Waals surface area contributed by atoms with Gasteiger partial charge in [0.2, 0.25) is 12.2 Å². The molecule has 3 aromatic rings. The van der Waals surface area contributed by atoms with Crippen LogP contribution in [0.1, 0.15) is 30.5 Å². The lowest BCUT2D eigenvalue weighted by Crippen LogP contribution is -2.18. The summed E-state index contributed by atoms with van der Waals surface area (Å²) in [6, 6.07) is 14.8. The number of nitrogens with one attached hydrogen (secondary N) is 2. The molecule has 0 aliphatic heterocycles. The van der Waals surface area contributed by atoms with Gasteiger partial charge < -0.3 is 14.0 Å². The lowest BCUT2D eigenvalue weighted by molar-refractivity contribution is -0.141. The van der Waals surface area contributed by atoms with Gasteiger partial charge in [0, 0.05) is 37.8 Å². The van der Waals surface area contributed by atoms with Crippen molar-refractivity contribution in [3.63, 3.8) is 0 Å². The highest BCUT2D eigenvalue weighted by atomic mass is 16.5. The maximum Gasteiger partial charge on any atom is 0.302 e. The van der Waals surface area contributed by atoms with Crippen molar-refractivity contribution in [3.8, 4) is 11.4 Å². The number of esters is 2. The molecule has 3 rings (SSSR count). The fourth-order valence-corrected chi connectivity index (χ4v) is 2.65. The van der Waals surface area contributed by atoms with E-state index in [0.29, 0.717) is 37.4 Å². The van der Waals surface area contributed by atoms with E-state index in [0.717, 1.165) is 16.7 Å². The van der Waals surface area contributed by atoms with Crippen LogP contribution in [0.25, 0.3) is 11.4 Å². The van der Waals surface area contributed by atoms with Crippen LogP contribution in [0.3, 0.4) is 0 Å². The van der Waals surface area contributed by atoms with E-state index < -0.39 is 0 Å². The second-order valence-corrected chi connectivity index (χ2v) is 6.82. The number of hydroxylamine groups is 1. The van der Waals surface area contributed by atoms with E-state index in [9.17, 15) is 9.59 Å². The molecule has 33 heavy (non-hydrogen) atoms. The van der Waals surface area contributed by atoms with Crippen LogP contribution in [0.2, 0.25) is 0 Å². The molecule has 0 radical (unpaired) electrons. The van der Waals surface area contributed by atoms with Gasteiger partial charge in [-0.3, -0.25) is 25.7 Å². The third kappa shape index (κ3) is 9.32. The molecule has 1 heterocycles. The summed E-state index contributed by atoms with van der Waals surface area (Å²) < 4.78 is 14.4. The van der Waals surface area contributed by atoms with Crippen LogP contribution < -0.4 is 5.48 Å². The lowest BCUT2D eigenvalue weighted by Gasteiger charge is -2.04. The minimum Gasteiger partial charge on any atom is -0.466 e. The van der Waals surface area contributed by atoms with E-state index in [1.54, 1.807) is 17.6 Å². The van der Waals surface area contributed by atoms with Crippen molar-refractivity contribution >= 4 is 17.8 Å². The molecule has 174 valence electrons. The predicted molar refractivity (Wildman–Crippen MR) is 119 cm³/mol. The van der Waals surface area contributed by atoms with E-state index in [1.807, 2.05) is 36.4 Å². The average molecular weight is 454 g/mol. The maximum absolute atomic E-state index is 10.6. The molecule has 0 saturated carbocycles. The molecule has 0 spiro atoms. The van der Waals surface area contributed by atoms with Gasteiger partial charge in [0.25, 0.3) is 0 Å². The molecule has 0 bridgehead atoms. The molecule has 3 N–H and O–H groups in total. The van der Waals surface area contributed by atoms with Crippen LogP contribution in [-0.2, 0) is 31.9 Å². The van der Waals surface area contributed by atoms with E-state index >= 15 is 0 Å². The minimum absolute atomic E-state index is 0.0495. The molecule has 10 nitrogen and oxygen atoms in total. The SMILES string of the molecule is CC(=O)OCCc1ccc(-c2ncon2)cc1.CC(=O)OCCc1ccc(C(=N)NO)cc1. The first kappa shape index (κ1) is 25.2. The summed E-state index contributed by atoms with van der Waals surface area (Å²) in [4.78, 5) is 25.1. The van der Waals surface area contributed by atoms with Crippen molar-refractivity contribution in [2.24, 2.45) is 0 Å². The smallest absolute Gasteiger partial charge is 0.302 e. The molecule has 0 fully saturated rings. The third-order valence-corrected chi connectivity index (χ3v) is 4.32. The van der Waals surface area contributed by atoms with Crippen LogP contribution in [0.4, 0.5) is 0 Å². The van der Waals surface area contributed by atoms with Gasteiger partial charge in [0.05, 0.1) is 13.2 Å². The van der Waals surface area contributed by atoms with Crippen molar-refractivity contribution in [1.82, 2.24) is 15.6 Å². The number of ether oxygens (including phenoxy) is 2. The van der Waals surface area contributed by atoms with Crippen LogP contribution in [0.15, 0.2) is 59.4 Å². The molecule has 0 atom stereocenters. The Balaban J connectivity index is 0.000000234. The zero-order chi connectivity index (χ0) is 24.1. The van der Waals surface area contributed by atoms with Crippen LogP contribution in [-0.4, -0.2) is 46.3 Å². The summed E-state index contributed by atoms with van der Waals surface area (Å²) in [5.41, 5.74) is 5.37. The molecule has 0 amide bonds. The summed E-state index contributed by atoms with van der Waals surface area (Å²) in [6.07, 6.45) is 2.63. The molecule has 0 aliphatic carbocycles. The van der Waals surface area contributed by atoms with Gasteiger partial charge >= 0.3 is 11.9 Å². The van der Waals surface area contributed by atoms with E-state index in [1.165, 1.54) is 20.2 Å². The predicted octanol–water partition coefficient (Wildman–Crippen LogP) is 2.94. The summed E-state index contributed by atoms with van der Waals surface area (Å²) in [7, 11) is 0. The molecule has 0 saturated heterocycles. The quantitative estimate of drug-likeness (QED) is 0.202. The van der Waals surface area contributed by atoms with Gasteiger partial charge in [-0.2, -0.15) is 4.98 Å². The first-order valence-electron chi connectivity index (χ1n) is 10.1. The number of amidine groups is 1. The fraction of sp³-hybridized carbons (Fsp3) is 0.261. The number of hydrogen-bond donors (Lipinski definition) is 3. The summed E-state index contributed by atoms with van der Waals surface area (Å²) in [5.74, 6) is -0.0284. The highest BCUT2D eigenvalue weighted by Gasteiger charge is 2.03. The van der Waals surface area contributed by atoms with Gasteiger partial charge in [-0.1, -0.05) is 53.7 Å². The van der Waals surface area contributed by atoms with Crippen molar-refractivity contribution in [2.45, 2.75) is 26.7 Å². The number of carbonyl (C=O) groups excluding carboxylic acids is 2. The van der Waals surface area contributed by atoms with Gasteiger partial charge in [-0.15, -0.1) is 0 Å². The van der Waals surface area contributed by atoms with Gasteiger partial charge in [-0.25, -0.2) is 0 Å². The first-order valence-corrected chi connectivity index (χ1v) is 10.1. The molecule has 2 aromatic carbocycles. The topological polar surface area (TPSA) is 148 Å². The lowest BCUT2D eigenvalue weighted by atomic mass is 10.1. The molecule has 0 unspecified atom stereocenters.